The SMILES string of the molecule is COCC(C)CNCc1cnoc1. The van der Waals surface area contributed by atoms with E-state index in [1.807, 2.05) is 0 Å². The van der Waals surface area contributed by atoms with Gasteiger partial charge in [0, 0.05) is 32.4 Å². The molecule has 4 nitrogen and oxygen atoms in total. The maximum atomic E-state index is 5.02. The van der Waals surface area contributed by atoms with Crippen LogP contribution in [0, 0.1) is 5.92 Å². The molecule has 0 aliphatic heterocycles. The van der Waals surface area contributed by atoms with Crippen LogP contribution in [0.4, 0.5) is 0 Å². The highest BCUT2D eigenvalue weighted by Crippen LogP contribution is 1.97. The van der Waals surface area contributed by atoms with E-state index in [9.17, 15) is 0 Å². The molecule has 1 atom stereocenters. The third kappa shape index (κ3) is 4.05. The Morgan fingerprint density at radius 1 is 1.69 bits per heavy atom. The molecular weight excluding hydrogens is 168 g/mol. The highest BCUT2D eigenvalue weighted by atomic mass is 16.5. The van der Waals surface area contributed by atoms with Gasteiger partial charge in [-0.05, 0) is 5.92 Å². The van der Waals surface area contributed by atoms with Gasteiger partial charge in [-0.15, -0.1) is 0 Å². The number of nitrogens with zero attached hydrogens (tertiary/aromatic N) is 1. The summed E-state index contributed by atoms with van der Waals surface area (Å²) in [6.45, 7) is 4.68. The molecule has 0 bridgehead atoms. The van der Waals surface area contributed by atoms with Crippen molar-refractivity contribution >= 4 is 0 Å². The normalized spacial score (nSPS) is 13.1. The van der Waals surface area contributed by atoms with Crippen molar-refractivity contribution in [3.05, 3.63) is 18.0 Å². The molecule has 1 rings (SSSR count). The molecule has 0 aromatic carbocycles. The quantitative estimate of drug-likeness (QED) is 0.717. The predicted molar refractivity (Wildman–Crippen MR) is 49.2 cm³/mol. The second-order valence-electron chi connectivity index (χ2n) is 3.22. The number of methoxy groups -OCH3 is 1. The zero-order valence-electron chi connectivity index (χ0n) is 8.12. The maximum absolute atomic E-state index is 5.02. The Labute approximate surface area is 78.2 Å². The van der Waals surface area contributed by atoms with Gasteiger partial charge in [-0.1, -0.05) is 12.1 Å². The second kappa shape index (κ2) is 5.72. The van der Waals surface area contributed by atoms with E-state index in [0.717, 1.165) is 25.3 Å². The Bertz CT molecular complexity index is 211. The van der Waals surface area contributed by atoms with Gasteiger partial charge < -0.3 is 14.6 Å². The number of aromatic nitrogens is 1. The zero-order chi connectivity index (χ0) is 9.52. The molecule has 1 aromatic heterocycles. The van der Waals surface area contributed by atoms with Crippen LogP contribution in [0.5, 0.6) is 0 Å². The van der Waals surface area contributed by atoms with Gasteiger partial charge in [-0.25, -0.2) is 0 Å². The molecule has 0 saturated heterocycles. The van der Waals surface area contributed by atoms with E-state index in [-0.39, 0.29) is 0 Å². The van der Waals surface area contributed by atoms with Crippen molar-refractivity contribution in [3.8, 4) is 0 Å². The molecule has 1 heterocycles. The molecule has 1 N–H and O–H groups in total. The lowest BCUT2D eigenvalue weighted by Gasteiger charge is -2.10. The Morgan fingerprint density at radius 3 is 3.15 bits per heavy atom. The fourth-order valence-electron chi connectivity index (χ4n) is 1.12. The van der Waals surface area contributed by atoms with E-state index in [1.165, 1.54) is 0 Å². The largest absolute Gasteiger partial charge is 0.384 e. The molecule has 13 heavy (non-hydrogen) atoms. The van der Waals surface area contributed by atoms with Crippen LogP contribution >= 0.6 is 0 Å². The fourth-order valence-corrected chi connectivity index (χ4v) is 1.12. The van der Waals surface area contributed by atoms with E-state index in [0.29, 0.717) is 5.92 Å². The third-order valence-corrected chi connectivity index (χ3v) is 1.76. The first kappa shape index (κ1) is 10.2. The van der Waals surface area contributed by atoms with Crippen LogP contribution < -0.4 is 5.32 Å². The number of nitrogens with one attached hydrogen (secondary N) is 1. The van der Waals surface area contributed by atoms with Crippen LogP contribution in [0.1, 0.15) is 12.5 Å². The van der Waals surface area contributed by atoms with Crippen LogP contribution in [0.3, 0.4) is 0 Å². The summed E-state index contributed by atoms with van der Waals surface area (Å²) in [5, 5.41) is 6.91. The van der Waals surface area contributed by atoms with E-state index >= 15 is 0 Å². The third-order valence-electron chi connectivity index (χ3n) is 1.76. The first-order chi connectivity index (χ1) is 6.33. The minimum absolute atomic E-state index is 0.532. The fraction of sp³-hybridized carbons (Fsp3) is 0.667. The standard InChI is InChI=1S/C9H16N2O2/c1-8(6-12-2)3-10-4-9-5-11-13-7-9/h5,7-8,10H,3-4,6H2,1-2H3. The van der Waals surface area contributed by atoms with Gasteiger partial charge in [0.2, 0.25) is 0 Å². The molecule has 1 aromatic rings. The van der Waals surface area contributed by atoms with Crippen LogP contribution in [0.15, 0.2) is 17.0 Å². The van der Waals surface area contributed by atoms with Gasteiger partial charge in [-0.2, -0.15) is 0 Å². The first-order valence-corrected chi connectivity index (χ1v) is 4.41. The summed E-state index contributed by atoms with van der Waals surface area (Å²) in [5.41, 5.74) is 1.07. The Balaban J connectivity index is 2.07. The smallest absolute Gasteiger partial charge is 0.128 e. The summed E-state index contributed by atoms with van der Waals surface area (Å²) in [5.74, 6) is 0.532. The Hall–Kier alpha value is -0.870. The van der Waals surface area contributed by atoms with Gasteiger partial charge in [0.25, 0.3) is 0 Å². The number of hydrogen-bond acceptors (Lipinski definition) is 4. The van der Waals surface area contributed by atoms with E-state index < -0.39 is 0 Å². The number of rotatable bonds is 6. The van der Waals surface area contributed by atoms with Crippen molar-refractivity contribution in [2.24, 2.45) is 5.92 Å². The average molecular weight is 184 g/mol. The summed E-state index contributed by atoms with van der Waals surface area (Å²) < 4.78 is 9.73. The molecule has 0 amide bonds. The summed E-state index contributed by atoms with van der Waals surface area (Å²) in [6, 6.07) is 0. The highest BCUT2D eigenvalue weighted by Gasteiger charge is 2.00. The Morgan fingerprint density at radius 2 is 2.54 bits per heavy atom. The lowest BCUT2D eigenvalue weighted by atomic mass is 10.2. The summed E-state index contributed by atoms with van der Waals surface area (Å²) in [6.07, 6.45) is 3.36. The monoisotopic (exact) mass is 184 g/mol. The highest BCUT2D eigenvalue weighted by molar-refractivity contribution is 4.98. The summed E-state index contributed by atoms with van der Waals surface area (Å²) in [4.78, 5) is 0. The second-order valence-corrected chi connectivity index (χ2v) is 3.22. The van der Waals surface area contributed by atoms with Crippen molar-refractivity contribution in [2.75, 3.05) is 20.3 Å². The average Bonchev–Trinajstić information content (AvgIpc) is 2.57. The molecule has 0 saturated carbocycles. The van der Waals surface area contributed by atoms with Crippen LogP contribution in [0.25, 0.3) is 0 Å². The van der Waals surface area contributed by atoms with Gasteiger partial charge in [0.1, 0.15) is 6.26 Å². The first-order valence-electron chi connectivity index (χ1n) is 4.41. The molecule has 0 aliphatic carbocycles. The molecule has 0 fully saturated rings. The molecule has 1 unspecified atom stereocenters. The van der Waals surface area contributed by atoms with Gasteiger partial charge in [-0.3, -0.25) is 0 Å². The van der Waals surface area contributed by atoms with Crippen LogP contribution in [-0.2, 0) is 11.3 Å². The lowest BCUT2D eigenvalue weighted by molar-refractivity contribution is 0.158. The zero-order valence-corrected chi connectivity index (χ0v) is 8.12. The summed E-state index contributed by atoms with van der Waals surface area (Å²) >= 11 is 0. The van der Waals surface area contributed by atoms with Crippen molar-refractivity contribution in [3.63, 3.8) is 0 Å². The Kier molecular flexibility index (Phi) is 4.49. The van der Waals surface area contributed by atoms with E-state index in [1.54, 1.807) is 19.6 Å². The van der Waals surface area contributed by atoms with Crippen molar-refractivity contribution < 1.29 is 9.26 Å². The van der Waals surface area contributed by atoms with Gasteiger partial charge >= 0.3 is 0 Å². The van der Waals surface area contributed by atoms with E-state index in [2.05, 4.69) is 17.4 Å². The lowest BCUT2D eigenvalue weighted by Crippen LogP contribution is -2.23. The molecular formula is C9H16N2O2. The number of hydrogen-bond donors (Lipinski definition) is 1. The minimum atomic E-state index is 0.532. The molecule has 0 spiro atoms. The van der Waals surface area contributed by atoms with Crippen molar-refractivity contribution in [1.29, 1.82) is 0 Å². The molecule has 0 aliphatic rings. The van der Waals surface area contributed by atoms with Gasteiger partial charge in [0.05, 0.1) is 6.20 Å². The minimum Gasteiger partial charge on any atom is -0.384 e. The van der Waals surface area contributed by atoms with Crippen molar-refractivity contribution in [2.45, 2.75) is 13.5 Å². The maximum Gasteiger partial charge on any atom is 0.128 e. The van der Waals surface area contributed by atoms with Crippen LogP contribution in [0.2, 0.25) is 0 Å². The molecule has 0 radical (unpaired) electrons. The van der Waals surface area contributed by atoms with Crippen molar-refractivity contribution in [1.82, 2.24) is 10.5 Å². The van der Waals surface area contributed by atoms with Crippen LogP contribution in [-0.4, -0.2) is 25.4 Å². The van der Waals surface area contributed by atoms with E-state index in [4.69, 9.17) is 9.26 Å². The topological polar surface area (TPSA) is 47.3 Å². The summed E-state index contributed by atoms with van der Waals surface area (Å²) in [7, 11) is 1.72. The van der Waals surface area contributed by atoms with Gasteiger partial charge in [0.15, 0.2) is 0 Å². The predicted octanol–water partition coefficient (Wildman–Crippen LogP) is 1.05. The number of ether oxygens (including phenoxy) is 1. The molecule has 74 valence electrons. The molecule has 4 heteroatoms.